The molecule has 1 heterocycles. The Hall–Kier alpha value is -1.78. The first-order chi connectivity index (χ1) is 11.4. The van der Waals surface area contributed by atoms with Crippen LogP contribution >= 0.6 is 12.6 Å². The summed E-state index contributed by atoms with van der Waals surface area (Å²) >= 11 is 4.67. The van der Waals surface area contributed by atoms with Gasteiger partial charge in [-0.15, -0.1) is 12.6 Å². The summed E-state index contributed by atoms with van der Waals surface area (Å²) in [6.45, 7) is 6.48. The highest BCUT2D eigenvalue weighted by molar-refractivity contribution is 7.80. The average molecular weight is 341 g/mol. The largest absolute Gasteiger partial charge is 0.481 e. The minimum absolute atomic E-state index is 0.132. The van der Waals surface area contributed by atoms with Gasteiger partial charge in [0, 0.05) is 29.9 Å². The highest BCUT2D eigenvalue weighted by Crippen LogP contribution is 2.36. The Labute approximate surface area is 148 Å². The van der Waals surface area contributed by atoms with Crippen LogP contribution < -0.4 is 0 Å². The number of carboxylic acids is 1. The molecule has 1 N–H and O–H groups in total. The van der Waals surface area contributed by atoms with Crippen LogP contribution in [0.25, 0.3) is 0 Å². The molecule has 1 fully saturated rings. The summed E-state index contributed by atoms with van der Waals surface area (Å²) in [5.41, 5.74) is 3.53. The van der Waals surface area contributed by atoms with Gasteiger partial charge in [0.05, 0.1) is 5.92 Å². The van der Waals surface area contributed by atoms with Crippen molar-refractivity contribution < 1.29 is 9.90 Å². The summed E-state index contributed by atoms with van der Waals surface area (Å²) < 4.78 is 0. The number of likely N-dealkylation sites (tertiary alicyclic amines) is 1. The first-order valence-corrected chi connectivity index (χ1v) is 8.65. The SMILES string of the molecule is CC(C)(c1ccccc1)c1cc(CN2CC(C(=O)O)C2)ccc1S. The molecule has 1 aliphatic heterocycles. The quantitative estimate of drug-likeness (QED) is 0.812. The van der Waals surface area contributed by atoms with Crippen LogP contribution in [0.4, 0.5) is 0 Å². The fourth-order valence-electron chi connectivity index (χ4n) is 3.31. The van der Waals surface area contributed by atoms with Crippen LogP contribution in [0, 0.1) is 5.92 Å². The van der Waals surface area contributed by atoms with E-state index in [0.717, 1.165) is 11.4 Å². The number of thiol groups is 1. The molecule has 0 atom stereocenters. The summed E-state index contributed by atoms with van der Waals surface area (Å²) in [6, 6.07) is 16.8. The van der Waals surface area contributed by atoms with Gasteiger partial charge < -0.3 is 5.11 Å². The minimum atomic E-state index is -0.692. The molecule has 3 nitrogen and oxygen atoms in total. The fourth-order valence-corrected chi connectivity index (χ4v) is 3.72. The lowest BCUT2D eigenvalue weighted by Crippen LogP contribution is -2.49. The van der Waals surface area contributed by atoms with Gasteiger partial charge in [0.25, 0.3) is 0 Å². The van der Waals surface area contributed by atoms with Crippen LogP contribution in [0.15, 0.2) is 53.4 Å². The summed E-state index contributed by atoms with van der Waals surface area (Å²) in [4.78, 5) is 14.1. The number of carboxylic acid groups (broad SMARTS) is 1. The Morgan fingerprint density at radius 1 is 1.21 bits per heavy atom. The summed E-state index contributed by atoms with van der Waals surface area (Å²) in [5.74, 6) is -0.905. The van der Waals surface area contributed by atoms with E-state index in [1.807, 2.05) is 12.1 Å². The molecule has 3 rings (SSSR count). The van der Waals surface area contributed by atoms with Crippen LogP contribution in [-0.2, 0) is 16.8 Å². The monoisotopic (exact) mass is 341 g/mol. The van der Waals surface area contributed by atoms with Gasteiger partial charge in [0.1, 0.15) is 0 Å². The number of hydrogen-bond acceptors (Lipinski definition) is 3. The summed E-state index contributed by atoms with van der Waals surface area (Å²) in [7, 11) is 0. The van der Waals surface area contributed by atoms with E-state index in [4.69, 9.17) is 5.11 Å². The van der Waals surface area contributed by atoms with Crippen molar-refractivity contribution in [3.05, 3.63) is 65.2 Å². The molecule has 1 saturated heterocycles. The van der Waals surface area contributed by atoms with E-state index in [1.54, 1.807) is 0 Å². The van der Waals surface area contributed by atoms with Gasteiger partial charge in [-0.05, 0) is 22.8 Å². The van der Waals surface area contributed by atoms with Gasteiger partial charge in [0.2, 0.25) is 0 Å². The first kappa shape index (κ1) is 17.1. The first-order valence-electron chi connectivity index (χ1n) is 8.21. The molecular weight excluding hydrogens is 318 g/mol. The van der Waals surface area contributed by atoms with E-state index < -0.39 is 5.97 Å². The van der Waals surface area contributed by atoms with Crippen molar-refractivity contribution in [2.75, 3.05) is 13.1 Å². The van der Waals surface area contributed by atoms with Gasteiger partial charge in [-0.2, -0.15) is 0 Å². The predicted octanol–water partition coefficient (Wildman–Crippen LogP) is 3.82. The molecule has 0 spiro atoms. The number of benzene rings is 2. The molecule has 0 saturated carbocycles. The topological polar surface area (TPSA) is 40.5 Å². The normalized spacial score (nSPS) is 16.0. The molecule has 2 aromatic carbocycles. The molecule has 0 bridgehead atoms. The van der Waals surface area contributed by atoms with E-state index in [0.29, 0.717) is 13.1 Å². The average Bonchev–Trinajstić information content (AvgIpc) is 2.52. The third-order valence-corrected chi connectivity index (χ3v) is 5.33. The Kier molecular flexibility index (Phi) is 4.70. The molecule has 4 heteroatoms. The van der Waals surface area contributed by atoms with E-state index in [1.165, 1.54) is 16.7 Å². The number of hydrogen-bond donors (Lipinski definition) is 2. The van der Waals surface area contributed by atoms with Gasteiger partial charge in [-0.25, -0.2) is 0 Å². The van der Waals surface area contributed by atoms with Gasteiger partial charge in [-0.3, -0.25) is 9.69 Å². The van der Waals surface area contributed by atoms with E-state index >= 15 is 0 Å². The lowest BCUT2D eigenvalue weighted by molar-refractivity contribution is -0.147. The minimum Gasteiger partial charge on any atom is -0.481 e. The lowest BCUT2D eigenvalue weighted by atomic mass is 9.77. The highest BCUT2D eigenvalue weighted by atomic mass is 32.1. The number of nitrogens with zero attached hydrogens (tertiary/aromatic N) is 1. The molecule has 0 amide bonds. The molecular formula is C20H23NO2S. The van der Waals surface area contributed by atoms with Crippen molar-refractivity contribution in [3.63, 3.8) is 0 Å². The molecule has 1 aliphatic rings. The zero-order chi connectivity index (χ0) is 17.3. The van der Waals surface area contributed by atoms with Crippen LogP contribution in [0.5, 0.6) is 0 Å². The number of aliphatic carboxylic acids is 1. The summed E-state index contributed by atoms with van der Waals surface area (Å²) in [5, 5.41) is 8.99. The Bertz CT molecular complexity index is 737. The molecule has 2 aromatic rings. The van der Waals surface area contributed by atoms with Crippen molar-refractivity contribution in [3.8, 4) is 0 Å². The van der Waals surface area contributed by atoms with Crippen molar-refractivity contribution in [1.29, 1.82) is 0 Å². The van der Waals surface area contributed by atoms with Crippen LogP contribution in [-0.4, -0.2) is 29.1 Å². The predicted molar refractivity (Wildman–Crippen MR) is 98.7 cm³/mol. The van der Waals surface area contributed by atoms with Gasteiger partial charge >= 0.3 is 5.97 Å². The Morgan fingerprint density at radius 3 is 2.50 bits per heavy atom. The number of rotatable bonds is 5. The molecule has 24 heavy (non-hydrogen) atoms. The number of carbonyl (C=O) groups is 1. The maximum Gasteiger partial charge on any atom is 0.309 e. The Morgan fingerprint density at radius 2 is 1.88 bits per heavy atom. The second-order valence-corrected chi connectivity index (χ2v) is 7.55. The van der Waals surface area contributed by atoms with Crippen LogP contribution in [0.1, 0.15) is 30.5 Å². The standard InChI is InChI=1S/C20H23NO2S/c1-20(2,16-6-4-3-5-7-16)17-10-14(8-9-18(17)24)11-21-12-15(13-21)19(22)23/h3-10,15,24H,11-13H2,1-2H3,(H,22,23). The highest BCUT2D eigenvalue weighted by Gasteiger charge is 2.32. The maximum absolute atomic E-state index is 10.9. The molecule has 0 aromatic heterocycles. The molecule has 126 valence electrons. The zero-order valence-corrected chi connectivity index (χ0v) is 15.0. The van der Waals surface area contributed by atoms with E-state index in [9.17, 15) is 4.79 Å². The molecule has 0 aliphatic carbocycles. The fraction of sp³-hybridized carbons (Fsp3) is 0.350. The second-order valence-electron chi connectivity index (χ2n) is 7.07. The van der Waals surface area contributed by atoms with Gasteiger partial charge in [-0.1, -0.05) is 56.3 Å². The maximum atomic E-state index is 10.9. The zero-order valence-electron chi connectivity index (χ0n) is 14.1. The summed E-state index contributed by atoms with van der Waals surface area (Å²) in [6.07, 6.45) is 0. The smallest absolute Gasteiger partial charge is 0.309 e. The van der Waals surface area contributed by atoms with Gasteiger partial charge in [0.15, 0.2) is 0 Å². The molecule has 0 radical (unpaired) electrons. The van der Waals surface area contributed by atoms with Crippen LogP contribution in [0.2, 0.25) is 0 Å². The van der Waals surface area contributed by atoms with E-state index in [2.05, 4.69) is 67.8 Å². The second kappa shape index (κ2) is 6.61. The lowest BCUT2D eigenvalue weighted by Gasteiger charge is -2.37. The van der Waals surface area contributed by atoms with Crippen molar-refractivity contribution >= 4 is 18.6 Å². The van der Waals surface area contributed by atoms with E-state index in [-0.39, 0.29) is 11.3 Å². The third kappa shape index (κ3) is 3.35. The van der Waals surface area contributed by atoms with Crippen LogP contribution in [0.3, 0.4) is 0 Å². The Balaban J connectivity index is 1.81. The third-order valence-electron chi connectivity index (χ3n) is 4.94. The van der Waals surface area contributed by atoms with Crippen molar-refractivity contribution in [2.24, 2.45) is 5.92 Å². The molecule has 0 unspecified atom stereocenters. The van der Waals surface area contributed by atoms with Crippen molar-refractivity contribution in [1.82, 2.24) is 4.90 Å². The van der Waals surface area contributed by atoms with Crippen molar-refractivity contribution in [2.45, 2.75) is 30.7 Å².